The van der Waals surface area contributed by atoms with Crippen molar-refractivity contribution >= 4 is 34.5 Å². The van der Waals surface area contributed by atoms with E-state index in [0.717, 1.165) is 43.1 Å². The maximum atomic E-state index is 12.9. The number of carbonyl (C=O) groups excluding carboxylic acids is 1. The number of alkyl halides is 3. The molecule has 188 valence electrons. The molecule has 0 unspecified atom stereocenters. The molecule has 0 aliphatic heterocycles. The average Bonchev–Trinajstić information content (AvgIpc) is 3.31. The van der Waals surface area contributed by atoms with Crippen molar-refractivity contribution in [2.45, 2.75) is 20.0 Å². The van der Waals surface area contributed by atoms with Crippen LogP contribution in [0.15, 0.2) is 41.8 Å². The van der Waals surface area contributed by atoms with Gasteiger partial charge in [-0.1, -0.05) is 25.4 Å². The Hall–Kier alpha value is -2.82. The molecular weight excluding hydrogens is 503 g/mol. The minimum absolute atomic E-state index is 0.0946. The molecule has 0 saturated heterocycles. The number of benzene rings is 2. The standard InChI is InChI=1S/C24H25ClF3N3O3S/c1-4-31(5-2)10-11-34-21-13-16(7-9-20(21)33-3)29-22(32)19-14-35-23(30-19)17-8-6-15(12-18(17)25)24(26,27)28/h6-9,12-14H,4-5,10-11H2,1-3H3,(H,29,32). The summed E-state index contributed by atoms with van der Waals surface area (Å²) < 4.78 is 49.9. The van der Waals surface area contributed by atoms with E-state index in [0.29, 0.717) is 34.4 Å². The average molecular weight is 528 g/mol. The van der Waals surface area contributed by atoms with Crippen LogP contribution in [0.3, 0.4) is 0 Å². The fourth-order valence-electron chi connectivity index (χ4n) is 3.25. The van der Waals surface area contributed by atoms with Crippen molar-refractivity contribution < 1.29 is 27.4 Å². The monoisotopic (exact) mass is 527 g/mol. The van der Waals surface area contributed by atoms with Crippen LogP contribution in [0.4, 0.5) is 18.9 Å². The van der Waals surface area contributed by atoms with Crippen molar-refractivity contribution in [3.63, 3.8) is 0 Å². The molecule has 0 fully saturated rings. The van der Waals surface area contributed by atoms with E-state index in [1.54, 1.807) is 18.2 Å². The Labute approximate surface area is 210 Å². The van der Waals surface area contributed by atoms with Gasteiger partial charge in [-0.05, 0) is 43.4 Å². The third-order valence-electron chi connectivity index (χ3n) is 5.24. The first kappa shape index (κ1) is 26.8. The second kappa shape index (κ2) is 11.7. The van der Waals surface area contributed by atoms with Gasteiger partial charge < -0.3 is 19.7 Å². The van der Waals surface area contributed by atoms with Crippen LogP contribution in [0.2, 0.25) is 5.02 Å². The first-order valence-electron chi connectivity index (χ1n) is 10.8. The van der Waals surface area contributed by atoms with Gasteiger partial charge in [-0.3, -0.25) is 4.79 Å². The van der Waals surface area contributed by atoms with Gasteiger partial charge in [0, 0.05) is 29.2 Å². The summed E-state index contributed by atoms with van der Waals surface area (Å²) in [7, 11) is 1.54. The fraction of sp³-hybridized carbons (Fsp3) is 0.333. The second-order valence-corrected chi connectivity index (χ2v) is 8.69. The van der Waals surface area contributed by atoms with Crippen LogP contribution in [-0.2, 0) is 6.18 Å². The highest BCUT2D eigenvalue weighted by atomic mass is 35.5. The summed E-state index contributed by atoms with van der Waals surface area (Å²) in [4.78, 5) is 19.2. The van der Waals surface area contributed by atoms with Gasteiger partial charge in [0.15, 0.2) is 11.5 Å². The Morgan fingerprint density at radius 2 is 1.89 bits per heavy atom. The molecule has 0 aliphatic carbocycles. The first-order valence-corrected chi connectivity index (χ1v) is 12.1. The lowest BCUT2D eigenvalue weighted by Crippen LogP contribution is -2.28. The molecule has 1 aromatic heterocycles. The molecule has 3 rings (SSSR count). The molecule has 11 heteroatoms. The number of likely N-dealkylation sites (N-methyl/N-ethyl adjacent to an activating group) is 1. The Morgan fingerprint density at radius 3 is 2.51 bits per heavy atom. The predicted molar refractivity (Wildman–Crippen MR) is 132 cm³/mol. The number of ether oxygens (including phenoxy) is 2. The zero-order valence-electron chi connectivity index (χ0n) is 19.4. The molecular formula is C24H25ClF3N3O3S. The lowest BCUT2D eigenvalue weighted by Gasteiger charge is -2.19. The van der Waals surface area contributed by atoms with E-state index in [-0.39, 0.29) is 10.7 Å². The predicted octanol–water partition coefficient (Wildman–Crippen LogP) is 6.46. The molecule has 0 saturated carbocycles. The number of nitrogens with one attached hydrogen (secondary N) is 1. The molecule has 6 nitrogen and oxygen atoms in total. The topological polar surface area (TPSA) is 63.7 Å². The van der Waals surface area contributed by atoms with Crippen LogP contribution in [0.1, 0.15) is 29.9 Å². The Bertz CT molecular complexity index is 1170. The Morgan fingerprint density at radius 1 is 1.14 bits per heavy atom. The van der Waals surface area contributed by atoms with E-state index >= 15 is 0 Å². The summed E-state index contributed by atoms with van der Waals surface area (Å²) in [6.45, 7) is 7.20. The highest BCUT2D eigenvalue weighted by molar-refractivity contribution is 7.13. The molecule has 1 heterocycles. The summed E-state index contributed by atoms with van der Waals surface area (Å²) in [5.41, 5.74) is 0.0592. The number of halogens is 4. The number of thiazole rings is 1. The quantitative estimate of drug-likeness (QED) is 0.327. The summed E-state index contributed by atoms with van der Waals surface area (Å²) in [6.07, 6.45) is -4.50. The normalized spacial score (nSPS) is 11.5. The van der Waals surface area contributed by atoms with Gasteiger partial charge in [-0.2, -0.15) is 13.2 Å². The maximum absolute atomic E-state index is 12.9. The number of methoxy groups -OCH3 is 1. The molecule has 0 aliphatic rings. The number of rotatable bonds is 10. The fourth-order valence-corrected chi connectivity index (χ4v) is 4.42. The van der Waals surface area contributed by atoms with E-state index in [1.165, 1.54) is 18.6 Å². The lowest BCUT2D eigenvalue weighted by molar-refractivity contribution is -0.137. The number of carbonyl (C=O) groups is 1. The van der Waals surface area contributed by atoms with E-state index in [9.17, 15) is 18.0 Å². The van der Waals surface area contributed by atoms with Crippen LogP contribution >= 0.6 is 22.9 Å². The molecule has 0 atom stereocenters. The lowest BCUT2D eigenvalue weighted by atomic mass is 10.1. The zero-order chi connectivity index (χ0) is 25.6. The number of amides is 1. The van der Waals surface area contributed by atoms with Crippen LogP contribution in [0.5, 0.6) is 11.5 Å². The van der Waals surface area contributed by atoms with Crippen molar-refractivity contribution in [2.24, 2.45) is 0 Å². The van der Waals surface area contributed by atoms with Gasteiger partial charge in [-0.25, -0.2) is 4.98 Å². The third kappa shape index (κ3) is 6.87. The molecule has 1 N–H and O–H groups in total. The maximum Gasteiger partial charge on any atom is 0.416 e. The first-order chi connectivity index (χ1) is 16.7. The van der Waals surface area contributed by atoms with Crippen molar-refractivity contribution in [2.75, 3.05) is 38.7 Å². The smallest absolute Gasteiger partial charge is 0.416 e. The summed E-state index contributed by atoms with van der Waals surface area (Å²) in [5.74, 6) is 0.554. The SMILES string of the molecule is CCN(CC)CCOc1cc(NC(=O)c2csc(-c3ccc(C(F)(F)F)cc3Cl)n2)ccc1OC. The van der Waals surface area contributed by atoms with Gasteiger partial charge in [-0.15, -0.1) is 11.3 Å². The highest BCUT2D eigenvalue weighted by Crippen LogP contribution is 2.37. The van der Waals surface area contributed by atoms with Gasteiger partial charge in [0.2, 0.25) is 0 Å². The number of hydrogen-bond acceptors (Lipinski definition) is 6. The molecule has 3 aromatic rings. The molecule has 0 spiro atoms. The highest BCUT2D eigenvalue weighted by Gasteiger charge is 2.31. The largest absolute Gasteiger partial charge is 0.493 e. The number of aromatic nitrogens is 1. The number of hydrogen-bond donors (Lipinski definition) is 1. The van der Waals surface area contributed by atoms with Crippen molar-refractivity contribution in [3.8, 4) is 22.1 Å². The van der Waals surface area contributed by atoms with Crippen LogP contribution in [0, 0.1) is 0 Å². The van der Waals surface area contributed by atoms with Crippen LogP contribution in [-0.4, -0.2) is 49.1 Å². The van der Waals surface area contributed by atoms with Crippen molar-refractivity contribution in [3.05, 3.63) is 58.1 Å². The molecule has 35 heavy (non-hydrogen) atoms. The van der Waals surface area contributed by atoms with E-state index in [4.69, 9.17) is 21.1 Å². The van der Waals surface area contributed by atoms with Gasteiger partial charge in [0.05, 0.1) is 17.7 Å². The molecule has 0 radical (unpaired) electrons. The van der Waals surface area contributed by atoms with E-state index < -0.39 is 17.6 Å². The van der Waals surface area contributed by atoms with Gasteiger partial charge in [0.25, 0.3) is 5.91 Å². The molecule has 1 amide bonds. The Balaban J connectivity index is 1.72. The summed E-state index contributed by atoms with van der Waals surface area (Å²) in [6, 6.07) is 8.05. The van der Waals surface area contributed by atoms with Crippen LogP contribution < -0.4 is 14.8 Å². The molecule has 0 bridgehead atoms. The van der Waals surface area contributed by atoms with Gasteiger partial charge in [0.1, 0.15) is 17.3 Å². The molecule has 2 aromatic carbocycles. The van der Waals surface area contributed by atoms with Crippen LogP contribution in [0.25, 0.3) is 10.6 Å². The zero-order valence-corrected chi connectivity index (χ0v) is 21.0. The second-order valence-electron chi connectivity index (χ2n) is 7.43. The Kier molecular flexibility index (Phi) is 8.98. The van der Waals surface area contributed by atoms with E-state index in [2.05, 4.69) is 29.0 Å². The number of anilines is 1. The van der Waals surface area contributed by atoms with Crippen molar-refractivity contribution in [1.29, 1.82) is 0 Å². The van der Waals surface area contributed by atoms with Crippen molar-refractivity contribution in [1.82, 2.24) is 9.88 Å². The van der Waals surface area contributed by atoms with Gasteiger partial charge >= 0.3 is 6.18 Å². The number of nitrogens with zero attached hydrogens (tertiary/aromatic N) is 2. The summed E-state index contributed by atoms with van der Waals surface area (Å²) in [5, 5.41) is 4.52. The minimum atomic E-state index is -4.50. The van der Waals surface area contributed by atoms with E-state index in [1.807, 2.05) is 0 Å². The summed E-state index contributed by atoms with van der Waals surface area (Å²) >= 11 is 7.16. The minimum Gasteiger partial charge on any atom is -0.493 e. The third-order valence-corrected chi connectivity index (χ3v) is 6.43.